The second-order valence-corrected chi connectivity index (χ2v) is 8.31. The van der Waals surface area contributed by atoms with Gasteiger partial charge in [-0.2, -0.15) is 0 Å². The lowest BCUT2D eigenvalue weighted by molar-refractivity contribution is 0.0918. The summed E-state index contributed by atoms with van der Waals surface area (Å²) in [7, 11) is 0. The Labute approximate surface area is 185 Å². The van der Waals surface area contributed by atoms with Crippen LogP contribution >= 0.6 is 11.6 Å². The normalized spacial score (nSPS) is 14.2. The Morgan fingerprint density at radius 1 is 0.935 bits per heavy atom. The number of benzene rings is 2. The van der Waals surface area contributed by atoms with Gasteiger partial charge in [-0.25, -0.2) is 9.97 Å². The molecule has 31 heavy (non-hydrogen) atoms. The van der Waals surface area contributed by atoms with E-state index >= 15 is 0 Å². The highest BCUT2D eigenvalue weighted by Crippen LogP contribution is 2.36. The molecule has 0 radical (unpaired) electrons. The van der Waals surface area contributed by atoms with Crippen LogP contribution < -0.4 is 5.73 Å². The molecule has 0 saturated heterocycles. The molecule has 2 aromatic carbocycles. The van der Waals surface area contributed by atoms with Crippen molar-refractivity contribution in [1.29, 1.82) is 0 Å². The number of nitrogen functional groups attached to an aromatic ring is 1. The lowest BCUT2D eigenvalue weighted by Gasteiger charge is -2.15. The standard InChI is InChI=1S/C25H21ClN4O/c26-19-14-18(13-17-11-6-12-28-20(17)19)22-21(15-7-2-1-3-8-15)30-25(27)23(29-22)24(31)16-9-4-5-10-16/h1-3,6-8,11-14,16H,4-5,9-10H2,(H2,27,30). The van der Waals surface area contributed by atoms with Gasteiger partial charge >= 0.3 is 0 Å². The molecule has 154 valence electrons. The van der Waals surface area contributed by atoms with Crippen LogP contribution in [0.1, 0.15) is 36.2 Å². The average Bonchev–Trinajstić information content (AvgIpc) is 3.34. The number of carbonyl (C=O) groups is 1. The van der Waals surface area contributed by atoms with E-state index < -0.39 is 0 Å². The highest BCUT2D eigenvalue weighted by molar-refractivity contribution is 6.35. The van der Waals surface area contributed by atoms with E-state index in [2.05, 4.69) is 9.97 Å². The SMILES string of the molecule is Nc1nc(-c2ccccc2)c(-c2cc(Cl)c3ncccc3c2)nc1C(=O)C1CCCC1. The second kappa shape index (κ2) is 8.08. The molecule has 1 aliphatic rings. The minimum absolute atomic E-state index is 0.0167. The minimum atomic E-state index is -0.0311. The zero-order valence-electron chi connectivity index (χ0n) is 16.9. The van der Waals surface area contributed by atoms with Gasteiger partial charge in [0.2, 0.25) is 0 Å². The summed E-state index contributed by atoms with van der Waals surface area (Å²) < 4.78 is 0. The summed E-state index contributed by atoms with van der Waals surface area (Å²) in [6, 6.07) is 17.3. The molecule has 2 aromatic heterocycles. The molecule has 0 spiro atoms. The van der Waals surface area contributed by atoms with Crippen LogP contribution in [-0.2, 0) is 0 Å². The molecule has 6 heteroatoms. The van der Waals surface area contributed by atoms with Crippen molar-refractivity contribution in [3.63, 3.8) is 0 Å². The highest BCUT2D eigenvalue weighted by atomic mass is 35.5. The summed E-state index contributed by atoms with van der Waals surface area (Å²) in [5.41, 5.74) is 10.1. The molecule has 2 heterocycles. The minimum Gasteiger partial charge on any atom is -0.382 e. The Morgan fingerprint density at radius 3 is 2.45 bits per heavy atom. The maximum absolute atomic E-state index is 13.2. The predicted octanol–water partition coefficient (Wildman–Crippen LogP) is 5.97. The first-order valence-electron chi connectivity index (χ1n) is 10.4. The smallest absolute Gasteiger partial charge is 0.188 e. The first-order chi connectivity index (χ1) is 15.1. The molecular formula is C25H21ClN4O. The number of hydrogen-bond acceptors (Lipinski definition) is 5. The van der Waals surface area contributed by atoms with E-state index in [1.54, 1.807) is 6.20 Å². The van der Waals surface area contributed by atoms with Crippen molar-refractivity contribution < 1.29 is 4.79 Å². The molecule has 0 unspecified atom stereocenters. The summed E-state index contributed by atoms with van der Waals surface area (Å²) in [4.78, 5) is 27.0. The fourth-order valence-corrected chi connectivity index (χ4v) is 4.57. The number of nitrogens with zero attached hydrogens (tertiary/aromatic N) is 3. The Kier molecular flexibility index (Phi) is 5.12. The quantitative estimate of drug-likeness (QED) is 0.405. The van der Waals surface area contributed by atoms with E-state index in [1.807, 2.05) is 54.6 Å². The topological polar surface area (TPSA) is 81.8 Å². The van der Waals surface area contributed by atoms with Crippen LogP contribution in [0.3, 0.4) is 0 Å². The largest absolute Gasteiger partial charge is 0.382 e. The molecule has 1 saturated carbocycles. The van der Waals surface area contributed by atoms with E-state index in [9.17, 15) is 4.79 Å². The summed E-state index contributed by atoms with van der Waals surface area (Å²) >= 11 is 6.55. The summed E-state index contributed by atoms with van der Waals surface area (Å²) in [6.07, 6.45) is 5.59. The third-order valence-corrected chi connectivity index (χ3v) is 6.15. The van der Waals surface area contributed by atoms with Crippen molar-refractivity contribution in [2.24, 2.45) is 5.92 Å². The number of carbonyl (C=O) groups excluding carboxylic acids is 1. The van der Waals surface area contributed by atoms with Gasteiger partial charge in [-0.3, -0.25) is 9.78 Å². The zero-order chi connectivity index (χ0) is 21.4. The van der Waals surface area contributed by atoms with E-state index in [0.29, 0.717) is 16.4 Å². The first-order valence-corrected chi connectivity index (χ1v) is 10.8. The Hall–Kier alpha value is -3.31. The number of aromatic nitrogens is 3. The number of nitrogens with two attached hydrogens (primary N) is 1. The lowest BCUT2D eigenvalue weighted by Crippen LogP contribution is -2.17. The van der Waals surface area contributed by atoms with Crippen molar-refractivity contribution in [3.05, 3.63) is 71.5 Å². The fraction of sp³-hybridized carbons (Fsp3) is 0.200. The van der Waals surface area contributed by atoms with Crippen molar-refractivity contribution >= 4 is 34.1 Å². The predicted molar refractivity (Wildman–Crippen MR) is 124 cm³/mol. The van der Waals surface area contributed by atoms with E-state index in [0.717, 1.165) is 47.7 Å². The Morgan fingerprint density at radius 2 is 1.68 bits per heavy atom. The molecule has 1 aliphatic carbocycles. The summed E-state index contributed by atoms with van der Waals surface area (Å²) in [5, 5.41) is 1.42. The van der Waals surface area contributed by atoms with Gasteiger partial charge in [0, 0.05) is 28.6 Å². The third kappa shape index (κ3) is 3.66. The number of ketones is 1. The molecule has 0 amide bonds. The van der Waals surface area contributed by atoms with Gasteiger partial charge in [0.25, 0.3) is 0 Å². The van der Waals surface area contributed by atoms with Crippen molar-refractivity contribution in [2.75, 3.05) is 5.73 Å². The van der Waals surface area contributed by atoms with Crippen LogP contribution in [-0.4, -0.2) is 20.7 Å². The zero-order valence-corrected chi connectivity index (χ0v) is 17.6. The van der Waals surface area contributed by atoms with Gasteiger partial charge in [-0.15, -0.1) is 0 Å². The van der Waals surface area contributed by atoms with E-state index in [-0.39, 0.29) is 23.2 Å². The molecule has 1 fully saturated rings. The van der Waals surface area contributed by atoms with Crippen molar-refractivity contribution in [1.82, 2.24) is 15.0 Å². The first kappa shape index (κ1) is 19.6. The van der Waals surface area contributed by atoms with E-state index in [4.69, 9.17) is 22.3 Å². The second-order valence-electron chi connectivity index (χ2n) is 7.90. The van der Waals surface area contributed by atoms with Crippen LogP contribution in [0.25, 0.3) is 33.4 Å². The number of pyridine rings is 1. The van der Waals surface area contributed by atoms with Gasteiger partial charge in [-0.05, 0) is 31.0 Å². The maximum Gasteiger partial charge on any atom is 0.188 e. The average molecular weight is 429 g/mol. The summed E-state index contributed by atoms with van der Waals surface area (Å²) in [5.74, 6) is 0.126. The molecule has 0 atom stereocenters. The fourth-order valence-electron chi connectivity index (χ4n) is 4.29. The molecule has 4 aromatic rings. The molecule has 2 N–H and O–H groups in total. The molecule has 5 rings (SSSR count). The van der Waals surface area contributed by atoms with Crippen LogP contribution in [0.5, 0.6) is 0 Å². The number of fused-ring (bicyclic) bond motifs is 1. The number of rotatable bonds is 4. The third-order valence-electron chi connectivity index (χ3n) is 5.86. The monoisotopic (exact) mass is 428 g/mol. The molecule has 5 nitrogen and oxygen atoms in total. The van der Waals surface area contributed by atoms with E-state index in [1.165, 1.54) is 0 Å². The molecule has 0 aliphatic heterocycles. The van der Waals surface area contributed by atoms with Gasteiger partial charge in [0.05, 0.1) is 21.9 Å². The Bertz CT molecular complexity index is 1280. The van der Waals surface area contributed by atoms with Crippen molar-refractivity contribution in [3.8, 4) is 22.5 Å². The lowest BCUT2D eigenvalue weighted by atomic mass is 9.98. The highest BCUT2D eigenvalue weighted by Gasteiger charge is 2.28. The number of halogens is 1. The number of Topliss-reactive ketones (excluding diaryl/α,β-unsaturated/α-hetero) is 1. The number of anilines is 1. The van der Waals surface area contributed by atoms with Crippen LogP contribution in [0.2, 0.25) is 5.02 Å². The van der Waals surface area contributed by atoms with Gasteiger partial charge in [0.1, 0.15) is 5.69 Å². The summed E-state index contributed by atoms with van der Waals surface area (Å²) in [6.45, 7) is 0. The maximum atomic E-state index is 13.2. The molecular weight excluding hydrogens is 408 g/mol. The number of hydrogen-bond donors (Lipinski definition) is 1. The van der Waals surface area contributed by atoms with Gasteiger partial charge < -0.3 is 5.73 Å². The van der Waals surface area contributed by atoms with Crippen LogP contribution in [0.15, 0.2) is 60.8 Å². The molecule has 0 bridgehead atoms. The van der Waals surface area contributed by atoms with Gasteiger partial charge in [-0.1, -0.05) is 60.8 Å². The van der Waals surface area contributed by atoms with Crippen LogP contribution in [0.4, 0.5) is 5.82 Å². The Balaban J connectivity index is 1.73. The van der Waals surface area contributed by atoms with Crippen LogP contribution in [0, 0.1) is 5.92 Å². The van der Waals surface area contributed by atoms with Crippen molar-refractivity contribution in [2.45, 2.75) is 25.7 Å². The van der Waals surface area contributed by atoms with Gasteiger partial charge in [0.15, 0.2) is 11.6 Å².